The molecule has 0 bridgehead atoms. The minimum atomic E-state index is -0.451. The Balaban J connectivity index is 2.62. The van der Waals surface area contributed by atoms with E-state index >= 15 is 0 Å². The number of rotatable bonds is 0. The van der Waals surface area contributed by atoms with Crippen molar-refractivity contribution in [1.29, 1.82) is 0 Å². The highest BCUT2D eigenvalue weighted by Crippen LogP contribution is 2.34. The average Bonchev–Trinajstić information content (AvgIpc) is 2.38. The Morgan fingerprint density at radius 1 is 1.11 bits per heavy atom. The molecular weight excluding hydrogens is 230 g/mol. The van der Waals surface area contributed by atoms with Gasteiger partial charge in [0.2, 0.25) is 5.69 Å². The van der Waals surface area contributed by atoms with E-state index in [9.17, 15) is 9.90 Å². The van der Waals surface area contributed by atoms with Crippen molar-refractivity contribution in [2.24, 2.45) is 0 Å². The zero-order valence-corrected chi connectivity index (χ0v) is 9.18. The number of benzene rings is 2. The van der Waals surface area contributed by atoms with E-state index in [1.165, 1.54) is 12.1 Å². The SMILES string of the molecule is [C-]#[N+]c1cc2c(cc1O)oc(=O)c1ccccc12. The van der Waals surface area contributed by atoms with Gasteiger partial charge in [0.1, 0.15) is 11.3 Å². The van der Waals surface area contributed by atoms with E-state index in [1.807, 2.05) is 6.07 Å². The van der Waals surface area contributed by atoms with Gasteiger partial charge in [0.25, 0.3) is 0 Å². The minimum absolute atomic E-state index is 0.140. The number of phenols is 1. The van der Waals surface area contributed by atoms with Crippen LogP contribution in [0.4, 0.5) is 5.69 Å². The zero-order chi connectivity index (χ0) is 12.7. The third-order valence-corrected chi connectivity index (χ3v) is 2.84. The van der Waals surface area contributed by atoms with Crippen LogP contribution in [0.5, 0.6) is 5.75 Å². The second-order valence-corrected chi connectivity index (χ2v) is 3.88. The molecule has 1 aromatic heterocycles. The summed E-state index contributed by atoms with van der Waals surface area (Å²) in [5, 5.41) is 11.4. The molecule has 3 rings (SSSR count). The number of hydrogen-bond acceptors (Lipinski definition) is 3. The number of nitrogens with zero attached hydrogens (tertiary/aromatic N) is 1. The monoisotopic (exact) mass is 237 g/mol. The summed E-state index contributed by atoms with van der Waals surface area (Å²) in [6, 6.07) is 9.86. The number of fused-ring (bicyclic) bond motifs is 3. The van der Waals surface area contributed by atoms with Crippen molar-refractivity contribution < 1.29 is 9.52 Å². The minimum Gasteiger partial charge on any atom is -0.519 e. The maximum Gasteiger partial charge on any atom is 0.344 e. The Labute approximate surface area is 102 Å². The van der Waals surface area contributed by atoms with Gasteiger partial charge in [-0.05, 0) is 17.5 Å². The lowest BCUT2D eigenvalue weighted by Crippen LogP contribution is -1.99. The lowest BCUT2D eigenvalue weighted by Gasteiger charge is -2.04. The molecule has 1 N–H and O–H groups in total. The van der Waals surface area contributed by atoms with Crippen LogP contribution in [-0.4, -0.2) is 5.11 Å². The van der Waals surface area contributed by atoms with Crippen LogP contribution in [0.15, 0.2) is 45.6 Å². The predicted molar refractivity (Wildman–Crippen MR) is 67.9 cm³/mol. The van der Waals surface area contributed by atoms with E-state index in [0.29, 0.717) is 16.2 Å². The highest BCUT2D eigenvalue weighted by molar-refractivity contribution is 6.06. The molecule has 0 unspecified atom stereocenters. The normalized spacial score (nSPS) is 10.6. The van der Waals surface area contributed by atoms with Gasteiger partial charge in [0.15, 0.2) is 0 Å². The third kappa shape index (κ3) is 1.35. The highest BCUT2D eigenvalue weighted by atomic mass is 16.4. The second-order valence-electron chi connectivity index (χ2n) is 3.88. The molecular formula is C14H7NO3. The lowest BCUT2D eigenvalue weighted by molar-refractivity contribution is 0.476. The molecule has 4 heteroatoms. The summed E-state index contributed by atoms with van der Waals surface area (Å²) in [7, 11) is 0. The van der Waals surface area contributed by atoms with Crippen LogP contribution in [0.2, 0.25) is 0 Å². The van der Waals surface area contributed by atoms with Crippen molar-refractivity contribution in [2.75, 3.05) is 0 Å². The van der Waals surface area contributed by atoms with Crippen molar-refractivity contribution in [2.45, 2.75) is 0 Å². The molecule has 0 aliphatic carbocycles. The van der Waals surface area contributed by atoms with E-state index in [0.717, 1.165) is 0 Å². The lowest BCUT2D eigenvalue weighted by atomic mass is 10.1. The van der Waals surface area contributed by atoms with Gasteiger partial charge < -0.3 is 9.52 Å². The molecule has 0 saturated heterocycles. The van der Waals surface area contributed by atoms with Gasteiger partial charge >= 0.3 is 5.63 Å². The second kappa shape index (κ2) is 3.60. The van der Waals surface area contributed by atoms with Crippen LogP contribution in [-0.2, 0) is 0 Å². The molecule has 0 radical (unpaired) electrons. The summed E-state index contributed by atoms with van der Waals surface area (Å²) in [5.74, 6) is -0.184. The van der Waals surface area contributed by atoms with Crippen molar-refractivity contribution in [3.05, 3.63) is 58.2 Å². The predicted octanol–water partition coefficient (Wildman–Crippen LogP) is 3.20. The van der Waals surface area contributed by atoms with Gasteiger partial charge in [-0.15, -0.1) is 0 Å². The van der Waals surface area contributed by atoms with Crippen molar-refractivity contribution in [3.8, 4) is 5.75 Å². The Morgan fingerprint density at radius 2 is 1.83 bits per heavy atom. The maximum absolute atomic E-state index is 11.7. The average molecular weight is 237 g/mol. The summed E-state index contributed by atoms with van der Waals surface area (Å²) in [4.78, 5) is 15.0. The van der Waals surface area contributed by atoms with Gasteiger partial charge in [-0.2, -0.15) is 0 Å². The molecule has 0 aliphatic heterocycles. The van der Waals surface area contributed by atoms with Crippen LogP contribution in [0.3, 0.4) is 0 Å². The Kier molecular flexibility index (Phi) is 2.07. The molecule has 4 nitrogen and oxygen atoms in total. The van der Waals surface area contributed by atoms with Crippen LogP contribution in [0.1, 0.15) is 0 Å². The van der Waals surface area contributed by atoms with Gasteiger partial charge in [-0.1, -0.05) is 18.2 Å². The smallest absolute Gasteiger partial charge is 0.344 e. The van der Waals surface area contributed by atoms with Crippen LogP contribution >= 0.6 is 0 Å². The number of aromatic hydroxyl groups is 1. The largest absolute Gasteiger partial charge is 0.519 e. The Bertz CT molecular complexity index is 872. The topological polar surface area (TPSA) is 54.8 Å². The summed E-state index contributed by atoms with van der Waals surface area (Å²) in [6.45, 7) is 6.98. The molecule has 0 aliphatic rings. The molecule has 0 saturated carbocycles. The first-order valence-corrected chi connectivity index (χ1v) is 5.27. The highest BCUT2D eigenvalue weighted by Gasteiger charge is 2.10. The molecule has 0 amide bonds. The molecule has 86 valence electrons. The van der Waals surface area contributed by atoms with Gasteiger partial charge in [0.05, 0.1) is 12.0 Å². The van der Waals surface area contributed by atoms with Crippen molar-refractivity contribution in [1.82, 2.24) is 0 Å². The zero-order valence-electron chi connectivity index (χ0n) is 9.18. The Morgan fingerprint density at radius 3 is 2.56 bits per heavy atom. The summed E-state index contributed by atoms with van der Waals surface area (Å²) in [5.41, 5.74) is -0.0295. The summed E-state index contributed by atoms with van der Waals surface area (Å²) < 4.78 is 5.14. The maximum atomic E-state index is 11.7. The van der Waals surface area contributed by atoms with E-state index in [2.05, 4.69) is 4.85 Å². The van der Waals surface area contributed by atoms with E-state index < -0.39 is 5.63 Å². The summed E-state index contributed by atoms with van der Waals surface area (Å²) in [6.07, 6.45) is 0. The molecule has 0 spiro atoms. The fourth-order valence-electron chi connectivity index (χ4n) is 1.99. The standard InChI is InChI=1S/C14H7NO3/c1-15-11-6-10-8-4-2-3-5-9(8)14(17)18-13(10)7-12(11)16/h2-7,16H. The first-order chi connectivity index (χ1) is 8.70. The first-order valence-electron chi connectivity index (χ1n) is 5.27. The fourth-order valence-corrected chi connectivity index (χ4v) is 1.99. The number of phenolic OH excluding ortho intramolecular Hbond substituents is 1. The third-order valence-electron chi connectivity index (χ3n) is 2.84. The van der Waals surface area contributed by atoms with Crippen LogP contribution < -0.4 is 5.63 Å². The quantitative estimate of drug-likeness (QED) is 0.371. The molecule has 1 heterocycles. The van der Waals surface area contributed by atoms with E-state index in [1.54, 1.807) is 18.2 Å². The van der Waals surface area contributed by atoms with Crippen LogP contribution in [0.25, 0.3) is 26.6 Å². The Hall–Kier alpha value is -2.80. The molecule has 0 atom stereocenters. The van der Waals surface area contributed by atoms with Crippen molar-refractivity contribution >= 4 is 27.4 Å². The molecule has 3 aromatic rings. The van der Waals surface area contributed by atoms with Gasteiger partial charge in [-0.3, -0.25) is 0 Å². The van der Waals surface area contributed by atoms with E-state index in [4.69, 9.17) is 11.0 Å². The van der Waals surface area contributed by atoms with E-state index in [-0.39, 0.29) is 17.0 Å². The van der Waals surface area contributed by atoms with Gasteiger partial charge in [-0.25, -0.2) is 9.64 Å². The number of hydrogen-bond donors (Lipinski definition) is 1. The fraction of sp³-hybridized carbons (Fsp3) is 0. The van der Waals surface area contributed by atoms with Crippen LogP contribution in [0, 0.1) is 6.57 Å². The molecule has 0 fully saturated rings. The first kappa shape index (κ1) is 10.4. The van der Waals surface area contributed by atoms with Crippen molar-refractivity contribution in [3.63, 3.8) is 0 Å². The molecule has 2 aromatic carbocycles. The van der Waals surface area contributed by atoms with Gasteiger partial charge in [0, 0.05) is 11.5 Å². The molecule has 18 heavy (non-hydrogen) atoms. The summed E-state index contributed by atoms with van der Waals surface area (Å²) >= 11 is 0.